The lowest BCUT2D eigenvalue weighted by molar-refractivity contribution is 0.414. The summed E-state index contributed by atoms with van der Waals surface area (Å²) in [4.78, 5) is 0. The van der Waals surface area contributed by atoms with Crippen LogP contribution in [0.1, 0.15) is 22.7 Å². The molecule has 0 fully saturated rings. The fourth-order valence-electron chi connectivity index (χ4n) is 2.00. The molecule has 2 nitrogen and oxygen atoms in total. The van der Waals surface area contributed by atoms with Gasteiger partial charge in [-0.3, -0.25) is 0 Å². The summed E-state index contributed by atoms with van der Waals surface area (Å²) in [6, 6.07) is 13.9. The third-order valence-corrected chi connectivity index (χ3v) is 3.51. The van der Waals surface area contributed by atoms with Gasteiger partial charge in [0.1, 0.15) is 5.75 Å². The highest BCUT2D eigenvalue weighted by atomic mass is 79.9. The molecular weight excluding hydrogens is 290 g/mol. The van der Waals surface area contributed by atoms with E-state index in [4.69, 9.17) is 10.5 Å². The van der Waals surface area contributed by atoms with Crippen LogP contribution in [0.15, 0.2) is 46.9 Å². The Kier molecular flexibility index (Phi) is 4.04. The molecule has 2 N–H and O–H groups in total. The normalized spacial score (nSPS) is 12.2. The Balaban J connectivity index is 2.37. The van der Waals surface area contributed by atoms with Gasteiger partial charge in [-0.15, -0.1) is 0 Å². The lowest BCUT2D eigenvalue weighted by atomic mass is 9.96. The summed E-state index contributed by atoms with van der Waals surface area (Å²) >= 11 is 3.46. The summed E-state index contributed by atoms with van der Waals surface area (Å²) in [6.45, 7) is 2.07. The van der Waals surface area contributed by atoms with Crippen molar-refractivity contribution in [2.24, 2.45) is 5.73 Å². The van der Waals surface area contributed by atoms with Crippen LogP contribution in [0.25, 0.3) is 0 Å². The first-order valence-electron chi connectivity index (χ1n) is 5.77. The molecular formula is C15H16BrNO. The molecule has 0 bridgehead atoms. The summed E-state index contributed by atoms with van der Waals surface area (Å²) in [5.41, 5.74) is 9.69. The van der Waals surface area contributed by atoms with E-state index in [9.17, 15) is 0 Å². The largest absolute Gasteiger partial charge is 0.497 e. The van der Waals surface area contributed by atoms with Gasteiger partial charge in [0.2, 0.25) is 0 Å². The highest BCUT2D eigenvalue weighted by Crippen LogP contribution is 2.27. The molecule has 0 aliphatic heterocycles. The average Bonchev–Trinajstić information content (AvgIpc) is 2.38. The summed E-state index contributed by atoms with van der Waals surface area (Å²) in [5.74, 6) is 0.831. The molecule has 0 spiro atoms. The fraction of sp³-hybridized carbons (Fsp3) is 0.200. The van der Waals surface area contributed by atoms with E-state index in [0.717, 1.165) is 21.3 Å². The first-order valence-corrected chi connectivity index (χ1v) is 6.56. The van der Waals surface area contributed by atoms with Gasteiger partial charge < -0.3 is 10.5 Å². The van der Waals surface area contributed by atoms with E-state index in [2.05, 4.69) is 35.0 Å². The van der Waals surface area contributed by atoms with Crippen LogP contribution in [-0.2, 0) is 0 Å². The number of aryl methyl sites for hydroxylation is 1. The van der Waals surface area contributed by atoms with E-state index in [-0.39, 0.29) is 6.04 Å². The van der Waals surface area contributed by atoms with Crippen molar-refractivity contribution in [2.45, 2.75) is 13.0 Å². The number of halogens is 1. The van der Waals surface area contributed by atoms with Gasteiger partial charge in [-0.2, -0.15) is 0 Å². The zero-order valence-electron chi connectivity index (χ0n) is 10.5. The van der Waals surface area contributed by atoms with Crippen molar-refractivity contribution in [3.05, 3.63) is 63.6 Å². The second kappa shape index (κ2) is 5.55. The number of hydrogen-bond acceptors (Lipinski definition) is 2. The van der Waals surface area contributed by atoms with E-state index in [0.29, 0.717) is 0 Å². The van der Waals surface area contributed by atoms with Crippen molar-refractivity contribution in [3.63, 3.8) is 0 Å². The molecule has 3 heteroatoms. The number of methoxy groups -OCH3 is 1. The van der Waals surface area contributed by atoms with E-state index in [1.807, 2.05) is 30.3 Å². The van der Waals surface area contributed by atoms with E-state index < -0.39 is 0 Å². The number of nitrogens with two attached hydrogens (primary N) is 1. The summed E-state index contributed by atoms with van der Waals surface area (Å²) < 4.78 is 6.30. The molecule has 94 valence electrons. The molecule has 2 aromatic carbocycles. The van der Waals surface area contributed by atoms with Crippen LogP contribution in [0.2, 0.25) is 0 Å². The molecule has 18 heavy (non-hydrogen) atoms. The van der Waals surface area contributed by atoms with Gasteiger partial charge in [-0.1, -0.05) is 34.1 Å². The lowest BCUT2D eigenvalue weighted by Gasteiger charge is -2.16. The lowest BCUT2D eigenvalue weighted by Crippen LogP contribution is -2.13. The van der Waals surface area contributed by atoms with Crippen LogP contribution in [0.5, 0.6) is 5.75 Å². The average molecular weight is 306 g/mol. The van der Waals surface area contributed by atoms with Crippen molar-refractivity contribution in [3.8, 4) is 5.75 Å². The molecule has 1 unspecified atom stereocenters. The molecule has 0 aliphatic carbocycles. The van der Waals surface area contributed by atoms with Crippen LogP contribution in [-0.4, -0.2) is 7.11 Å². The van der Waals surface area contributed by atoms with Crippen LogP contribution in [0, 0.1) is 6.92 Å². The van der Waals surface area contributed by atoms with Gasteiger partial charge in [0.25, 0.3) is 0 Å². The summed E-state index contributed by atoms with van der Waals surface area (Å²) in [6.07, 6.45) is 0. The molecule has 0 aliphatic rings. The van der Waals surface area contributed by atoms with Crippen LogP contribution in [0.4, 0.5) is 0 Å². The number of benzene rings is 2. The Morgan fingerprint density at radius 2 is 1.94 bits per heavy atom. The quantitative estimate of drug-likeness (QED) is 0.936. The third kappa shape index (κ3) is 2.74. The molecule has 0 amide bonds. The molecule has 0 saturated heterocycles. The predicted octanol–water partition coefficient (Wildman–Crippen LogP) is 3.81. The molecule has 0 saturated carbocycles. The van der Waals surface area contributed by atoms with Gasteiger partial charge >= 0.3 is 0 Å². The van der Waals surface area contributed by atoms with Crippen molar-refractivity contribution in [2.75, 3.05) is 7.11 Å². The monoisotopic (exact) mass is 305 g/mol. The zero-order chi connectivity index (χ0) is 13.1. The van der Waals surface area contributed by atoms with E-state index in [1.54, 1.807) is 7.11 Å². The minimum atomic E-state index is -0.131. The fourth-order valence-corrected chi connectivity index (χ4v) is 2.48. The summed E-state index contributed by atoms with van der Waals surface area (Å²) in [7, 11) is 1.66. The van der Waals surface area contributed by atoms with E-state index in [1.165, 1.54) is 5.56 Å². The SMILES string of the molecule is COc1cccc(C(N)c2ccc(Br)cc2C)c1. The van der Waals surface area contributed by atoms with Crippen molar-refractivity contribution < 1.29 is 4.74 Å². The second-order valence-electron chi connectivity index (χ2n) is 4.26. The topological polar surface area (TPSA) is 35.2 Å². The maximum absolute atomic E-state index is 6.32. The second-order valence-corrected chi connectivity index (χ2v) is 5.17. The first kappa shape index (κ1) is 13.1. The Bertz CT molecular complexity index is 554. The van der Waals surface area contributed by atoms with Gasteiger partial charge in [0.15, 0.2) is 0 Å². The van der Waals surface area contributed by atoms with Crippen LogP contribution >= 0.6 is 15.9 Å². The molecule has 1 atom stereocenters. The Labute approximate surface area is 116 Å². The number of rotatable bonds is 3. The molecule has 0 radical (unpaired) electrons. The van der Waals surface area contributed by atoms with Crippen molar-refractivity contribution in [1.29, 1.82) is 0 Å². The summed E-state index contributed by atoms with van der Waals surface area (Å²) in [5, 5.41) is 0. The maximum Gasteiger partial charge on any atom is 0.119 e. The zero-order valence-corrected chi connectivity index (χ0v) is 12.1. The van der Waals surface area contributed by atoms with Crippen LogP contribution < -0.4 is 10.5 Å². The minimum Gasteiger partial charge on any atom is -0.497 e. The molecule has 0 heterocycles. The van der Waals surface area contributed by atoms with Gasteiger partial charge in [-0.05, 0) is 47.9 Å². The Hall–Kier alpha value is -1.32. The predicted molar refractivity (Wildman–Crippen MR) is 77.9 cm³/mol. The van der Waals surface area contributed by atoms with Crippen LogP contribution in [0.3, 0.4) is 0 Å². The molecule has 2 rings (SSSR count). The smallest absolute Gasteiger partial charge is 0.119 e. The maximum atomic E-state index is 6.32. The van der Waals surface area contributed by atoms with Gasteiger partial charge in [0.05, 0.1) is 13.2 Å². The van der Waals surface area contributed by atoms with Crippen molar-refractivity contribution >= 4 is 15.9 Å². The Morgan fingerprint density at radius 3 is 2.61 bits per heavy atom. The van der Waals surface area contributed by atoms with Gasteiger partial charge in [0, 0.05) is 4.47 Å². The van der Waals surface area contributed by atoms with Gasteiger partial charge in [-0.25, -0.2) is 0 Å². The standard InChI is InChI=1S/C15H16BrNO/c1-10-8-12(16)6-7-14(10)15(17)11-4-3-5-13(9-11)18-2/h3-9,15H,17H2,1-2H3. The highest BCUT2D eigenvalue weighted by molar-refractivity contribution is 9.10. The molecule has 2 aromatic rings. The third-order valence-electron chi connectivity index (χ3n) is 3.02. The Morgan fingerprint density at radius 1 is 1.17 bits per heavy atom. The minimum absolute atomic E-state index is 0.131. The first-order chi connectivity index (χ1) is 8.61. The highest BCUT2D eigenvalue weighted by Gasteiger charge is 2.12. The van der Waals surface area contributed by atoms with E-state index >= 15 is 0 Å². The number of ether oxygens (including phenoxy) is 1. The van der Waals surface area contributed by atoms with Crippen molar-refractivity contribution in [1.82, 2.24) is 0 Å². The number of hydrogen-bond donors (Lipinski definition) is 1. The molecule has 0 aromatic heterocycles.